The van der Waals surface area contributed by atoms with Crippen molar-refractivity contribution in [3.8, 4) is 0 Å². The van der Waals surface area contributed by atoms with Gasteiger partial charge in [-0.3, -0.25) is 19.1 Å². The van der Waals surface area contributed by atoms with Gasteiger partial charge in [0.25, 0.3) is 5.91 Å². The lowest BCUT2D eigenvalue weighted by molar-refractivity contribution is -0.156. The van der Waals surface area contributed by atoms with Crippen LogP contribution in [0.25, 0.3) is 0 Å². The number of rotatable bonds is 4. The molecule has 0 aliphatic carbocycles. The van der Waals surface area contributed by atoms with E-state index >= 15 is 0 Å². The summed E-state index contributed by atoms with van der Waals surface area (Å²) in [5, 5.41) is 4.27. The van der Waals surface area contributed by atoms with Crippen LogP contribution in [0.1, 0.15) is 37.7 Å². The topological polar surface area (TPSA) is 78.8 Å². The Hall–Kier alpha value is -2.38. The van der Waals surface area contributed by atoms with Crippen molar-refractivity contribution in [3.05, 3.63) is 18.0 Å². The molecule has 1 atom stereocenters. The van der Waals surface area contributed by atoms with Gasteiger partial charge in [-0.1, -0.05) is 13.8 Å². The summed E-state index contributed by atoms with van der Waals surface area (Å²) in [6, 6.07) is 1.26. The molecule has 2 saturated heterocycles. The molecule has 142 valence electrons. The molecule has 0 bridgehead atoms. The van der Waals surface area contributed by atoms with Crippen LogP contribution < -0.4 is 0 Å². The predicted octanol–water partition coefficient (Wildman–Crippen LogP) is 0.444. The maximum absolute atomic E-state index is 12.8. The third-order valence-electron chi connectivity index (χ3n) is 4.96. The van der Waals surface area contributed by atoms with Gasteiger partial charge in [-0.05, 0) is 25.3 Å². The number of aryl methyl sites for hydroxylation is 1. The van der Waals surface area contributed by atoms with Crippen molar-refractivity contribution >= 4 is 17.7 Å². The Bertz CT molecular complexity index is 699. The van der Waals surface area contributed by atoms with Gasteiger partial charge in [0.1, 0.15) is 11.7 Å². The summed E-state index contributed by atoms with van der Waals surface area (Å²) in [5.41, 5.74) is 0.408. The van der Waals surface area contributed by atoms with Gasteiger partial charge in [-0.15, -0.1) is 0 Å². The zero-order valence-electron chi connectivity index (χ0n) is 15.7. The smallest absolute Gasteiger partial charge is 0.274 e. The van der Waals surface area contributed by atoms with Gasteiger partial charge in [-0.25, -0.2) is 0 Å². The van der Waals surface area contributed by atoms with Crippen LogP contribution in [0.2, 0.25) is 0 Å². The summed E-state index contributed by atoms with van der Waals surface area (Å²) in [7, 11) is 0. The first kappa shape index (κ1) is 18.4. The van der Waals surface area contributed by atoms with Crippen molar-refractivity contribution in [2.45, 2.75) is 39.8 Å². The number of carbonyl (C=O) groups is 3. The molecule has 0 N–H and O–H groups in total. The number of aromatic nitrogens is 2. The highest BCUT2D eigenvalue weighted by molar-refractivity contribution is 5.95. The van der Waals surface area contributed by atoms with Crippen LogP contribution in [-0.2, 0) is 16.1 Å². The lowest BCUT2D eigenvalue weighted by Crippen LogP contribution is -2.60. The molecule has 0 saturated carbocycles. The molecule has 0 spiro atoms. The average Bonchev–Trinajstić information content (AvgIpc) is 2.97. The molecule has 2 aliphatic rings. The van der Waals surface area contributed by atoms with Crippen LogP contribution in [0, 0.1) is 5.92 Å². The molecule has 0 aromatic carbocycles. The first-order chi connectivity index (χ1) is 12.4. The molecule has 3 amide bonds. The second-order valence-corrected chi connectivity index (χ2v) is 7.35. The summed E-state index contributed by atoms with van der Waals surface area (Å²) >= 11 is 0. The molecule has 1 aromatic rings. The molecule has 1 aromatic heterocycles. The Labute approximate surface area is 153 Å². The number of carbonyl (C=O) groups excluding carboxylic acids is 3. The Morgan fingerprint density at radius 1 is 1.27 bits per heavy atom. The van der Waals surface area contributed by atoms with Gasteiger partial charge in [0.15, 0.2) is 0 Å². The van der Waals surface area contributed by atoms with Crippen molar-refractivity contribution < 1.29 is 14.4 Å². The van der Waals surface area contributed by atoms with E-state index in [0.717, 1.165) is 0 Å². The number of nitrogens with zero attached hydrogens (tertiary/aromatic N) is 5. The van der Waals surface area contributed by atoms with Gasteiger partial charge >= 0.3 is 0 Å². The van der Waals surface area contributed by atoms with Crippen LogP contribution in [0.3, 0.4) is 0 Å². The number of amides is 3. The number of piperazine rings is 1. The average molecular weight is 361 g/mol. The van der Waals surface area contributed by atoms with Gasteiger partial charge < -0.3 is 14.7 Å². The van der Waals surface area contributed by atoms with E-state index in [1.165, 1.54) is 0 Å². The van der Waals surface area contributed by atoms with E-state index in [2.05, 4.69) is 5.10 Å². The highest BCUT2D eigenvalue weighted by atomic mass is 16.2. The maximum Gasteiger partial charge on any atom is 0.274 e. The summed E-state index contributed by atoms with van der Waals surface area (Å²) in [6.45, 7) is 8.74. The number of hydrogen-bond donors (Lipinski definition) is 0. The monoisotopic (exact) mass is 361 g/mol. The fraction of sp³-hybridized carbons (Fsp3) is 0.667. The first-order valence-electron chi connectivity index (χ1n) is 9.31. The Morgan fingerprint density at radius 2 is 2.04 bits per heavy atom. The fourth-order valence-electron chi connectivity index (χ4n) is 3.64. The highest BCUT2D eigenvalue weighted by Gasteiger charge is 2.41. The third kappa shape index (κ3) is 3.59. The number of hydrogen-bond acceptors (Lipinski definition) is 4. The summed E-state index contributed by atoms with van der Waals surface area (Å²) < 4.78 is 1.71. The molecule has 3 heterocycles. The molecule has 2 aliphatic heterocycles. The predicted molar refractivity (Wildman–Crippen MR) is 95.3 cm³/mol. The quantitative estimate of drug-likeness (QED) is 0.780. The Morgan fingerprint density at radius 3 is 2.69 bits per heavy atom. The second kappa shape index (κ2) is 7.47. The maximum atomic E-state index is 12.8. The highest BCUT2D eigenvalue weighted by Crippen LogP contribution is 2.20. The minimum absolute atomic E-state index is 0.00265. The summed E-state index contributed by atoms with van der Waals surface area (Å²) in [6.07, 6.45) is 2.25. The van der Waals surface area contributed by atoms with Crippen molar-refractivity contribution in [2.75, 3.05) is 32.7 Å². The fourth-order valence-corrected chi connectivity index (χ4v) is 3.64. The van der Waals surface area contributed by atoms with E-state index in [4.69, 9.17) is 0 Å². The van der Waals surface area contributed by atoms with Crippen molar-refractivity contribution in [3.63, 3.8) is 0 Å². The van der Waals surface area contributed by atoms with E-state index in [-0.39, 0.29) is 24.3 Å². The van der Waals surface area contributed by atoms with Gasteiger partial charge in [0, 0.05) is 38.9 Å². The summed E-state index contributed by atoms with van der Waals surface area (Å²) in [4.78, 5) is 43.0. The second-order valence-electron chi connectivity index (χ2n) is 7.35. The molecular formula is C18H27N5O3. The van der Waals surface area contributed by atoms with Crippen LogP contribution in [-0.4, -0.2) is 81.0 Å². The van der Waals surface area contributed by atoms with Crippen LogP contribution in [0.15, 0.2) is 12.3 Å². The minimum Gasteiger partial charge on any atom is -0.335 e. The normalized spacial score (nSPS) is 21.2. The molecule has 8 nitrogen and oxygen atoms in total. The van der Waals surface area contributed by atoms with E-state index in [1.54, 1.807) is 31.6 Å². The standard InChI is InChI=1S/C18H27N5O3/c1-4-22-8-5-14(19-22)17(25)20-7-6-15-18(26)21(11-13(2)3)12-16(24)23(15)10-9-20/h5,8,13,15H,4,6-7,9-12H2,1-3H3. The Kier molecular flexibility index (Phi) is 5.29. The lowest BCUT2D eigenvalue weighted by Gasteiger charge is -2.39. The van der Waals surface area contributed by atoms with Gasteiger partial charge in [-0.2, -0.15) is 5.10 Å². The van der Waals surface area contributed by atoms with Gasteiger partial charge in [0.2, 0.25) is 11.8 Å². The Balaban J connectivity index is 1.71. The van der Waals surface area contributed by atoms with Crippen molar-refractivity contribution in [2.24, 2.45) is 5.92 Å². The van der Waals surface area contributed by atoms with Crippen LogP contribution in [0.5, 0.6) is 0 Å². The first-order valence-corrected chi connectivity index (χ1v) is 9.31. The minimum atomic E-state index is -0.457. The van der Waals surface area contributed by atoms with Crippen molar-refractivity contribution in [1.29, 1.82) is 0 Å². The van der Waals surface area contributed by atoms with Crippen molar-refractivity contribution in [1.82, 2.24) is 24.5 Å². The largest absolute Gasteiger partial charge is 0.335 e. The molecule has 3 rings (SSSR count). The van der Waals surface area contributed by atoms with Gasteiger partial charge in [0.05, 0.1) is 6.54 Å². The summed E-state index contributed by atoms with van der Waals surface area (Å²) in [5.74, 6) is 0.148. The zero-order chi connectivity index (χ0) is 18.8. The van der Waals surface area contributed by atoms with E-state index in [9.17, 15) is 14.4 Å². The molecule has 2 fully saturated rings. The molecule has 0 radical (unpaired) electrons. The van der Waals surface area contributed by atoms with Crippen LogP contribution >= 0.6 is 0 Å². The van der Waals surface area contributed by atoms with E-state index in [1.807, 2.05) is 20.8 Å². The van der Waals surface area contributed by atoms with E-state index in [0.29, 0.717) is 50.8 Å². The number of fused-ring (bicyclic) bond motifs is 1. The van der Waals surface area contributed by atoms with Crippen LogP contribution in [0.4, 0.5) is 0 Å². The molecule has 1 unspecified atom stereocenters. The zero-order valence-corrected chi connectivity index (χ0v) is 15.7. The molecule has 26 heavy (non-hydrogen) atoms. The molecular weight excluding hydrogens is 334 g/mol. The van der Waals surface area contributed by atoms with E-state index < -0.39 is 6.04 Å². The molecule has 8 heteroatoms. The lowest BCUT2D eigenvalue weighted by atomic mass is 10.1. The third-order valence-corrected chi connectivity index (χ3v) is 4.96. The SMILES string of the molecule is CCn1ccc(C(=O)N2CCC3C(=O)N(CC(C)C)CC(=O)N3CC2)n1.